The maximum Gasteiger partial charge on any atom is 0.315 e. The van der Waals surface area contributed by atoms with Gasteiger partial charge in [0, 0.05) is 29.6 Å². The highest BCUT2D eigenvalue weighted by Gasteiger charge is 2.01. The Morgan fingerprint density at radius 3 is 2.62 bits per heavy atom. The second kappa shape index (κ2) is 10.2. The van der Waals surface area contributed by atoms with Crippen LogP contribution in [0.15, 0.2) is 18.2 Å². The zero-order chi connectivity index (χ0) is 15.5. The fraction of sp³-hybridized carbons (Fsp3) is 0.500. The first-order valence-electron chi connectivity index (χ1n) is 6.45. The number of hydrogen-bond donors (Lipinski definition) is 1. The van der Waals surface area contributed by atoms with E-state index in [-0.39, 0.29) is 5.97 Å². The average molecular weight is 315 g/mol. The molecule has 2 N–H and O–H groups in total. The van der Waals surface area contributed by atoms with Gasteiger partial charge in [0.2, 0.25) is 0 Å². The highest BCUT2D eigenvalue weighted by atomic mass is 32.2. The van der Waals surface area contributed by atoms with Crippen molar-refractivity contribution in [1.29, 1.82) is 0 Å². The molecule has 21 heavy (non-hydrogen) atoms. The molecule has 0 heterocycles. The lowest BCUT2D eigenvalue weighted by Gasteiger charge is -2.09. The molecule has 0 unspecified atom stereocenters. The Bertz CT molecular complexity index is 441. The van der Waals surface area contributed by atoms with Crippen LogP contribution in [0.25, 0.3) is 0 Å². The lowest BCUT2D eigenvalue weighted by molar-refractivity contribution is -0.137. The second-order valence-electron chi connectivity index (χ2n) is 4.03. The highest BCUT2D eigenvalue weighted by Crippen LogP contribution is 2.23. The van der Waals surface area contributed by atoms with Crippen LogP contribution in [0, 0.1) is 0 Å². The zero-order valence-corrected chi connectivity index (χ0v) is 13.1. The molecule has 0 fully saturated rings. The van der Waals surface area contributed by atoms with Gasteiger partial charge in [-0.25, -0.2) is 0 Å². The van der Waals surface area contributed by atoms with E-state index in [0.717, 1.165) is 5.75 Å². The molecular weight excluding hydrogens is 294 g/mol. The molecule has 118 valence electrons. The van der Waals surface area contributed by atoms with Gasteiger partial charge in [0.05, 0.1) is 33.2 Å². The second-order valence-corrected chi connectivity index (χ2v) is 5.14. The van der Waals surface area contributed by atoms with E-state index in [1.165, 1.54) is 18.9 Å². The van der Waals surface area contributed by atoms with Gasteiger partial charge in [0.1, 0.15) is 18.1 Å². The Labute approximate surface area is 128 Å². The number of hydrogen-bond acceptors (Lipinski definition) is 7. The number of carbonyl (C=O) groups is 1. The largest absolute Gasteiger partial charge is 0.497 e. The molecule has 0 saturated carbocycles. The molecular formula is C14H21NO5S. The minimum absolute atomic E-state index is 0.223. The molecule has 0 saturated heterocycles. The molecule has 0 radical (unpaired) electrons. The standard InChI is InChI=1S/C14H21NO5S/c1-17-12-7-11(15)8-13(9-12)20-4-3-19-5-6-21-10-14(16)18-2/h7-9H,3-6,10,15H2,1-2H3. The van der Waals surface area contributed by atoms with Gasteiger partial charge in [0.25, 0.3) is 0 Å². The van der Waals surface area contributed by atoms with Gasteiger partial charge in [0.15, 0.2) is 0 Å². The molecule has 0 amide bonds. The van der Waals surface area contributed by atoms with Crippen LogP contribution in [0.5, 0.6) is 11.5 Å². The van der Waals surface area contributed by atoms with Crippen molar-refractivity contribution in [1.82, 2.24) is 0 Å². The molecule has 0 spiro atoms. The van der Waals surface area contributed by atoms with Crippen LogP contribution < -0.4 is 15.2 Å². The van der Waals surface area contributed by atoms with Crippen LogP contribution in [-0.4, -0.2) is 51.5 Å². The van der Waals surface area contributed by atoms with Crippen LogP contribution in [0.1, 0.15) is 0 Å². The normalized spacial score (nSPS) is 10.2. The molecule has 1 aromatic rings. The first-order chi connectivity index (χ1) is 10.2. The van der Waals surface area contributed by atoms with E-state index >= 15 is 0 Å². The van der Waals surface area contributed by atoms with Gasteiger partial charge >= 0.3 is 5.97 Å². The van der Waals surface area contributed by atoms with Crippen LogP contribution >= 0.6 is 11.8 Å². The summed E-state index contributed by atoms with van der Waals surface area (Å²) < 4.78 is 20.6. The van der Waals surface area contributed by atoms with Crippen molar-refractivity contribution in [2.24, 2.45) is 0 Å². The summed E-state index contributed by atoms with van der Waals surface area (Å²) >= 11 is 1.47. The van der Waals surface area contributed by atoms with E-state index in [2.05, 4.69) is 4.74 Å². The van der Waals surface area contributed by atoms with Gasteiger partial charge < -0.3 is 24.7 Å². The van der Waals surface area contributed by atoms with Crippen molar-refractivity contribution in [3.8, 4) is 11.5 Å². The Morgan fingerprint density at radius 2 is 1.90 bits per heavy atom. The fourth-order valence-electron chi connectivity index (χ4n) is 1.45. The smallest absolute Gasteiger partial charge is 0.315 e. The highest BCUT2D eigenvalue weighted by molar-refractivity contribution is 7.99. The van der Waals surface area contributed by atoms with Crippen molar-refractivity contribution in [3.63, 3.8) is 0 Å². The zero-order valence-electron chi connectivity index (χ0n) is 12.3. The number of rotatable bonds is 10. The van der Waals surface area contributed by atoms with E-state index in [0.29, 0.717) is 42.8 Å². The van der Waals surface area contributed by atoms with Crippen LogP contribution in [0.4, 0.5) is 5.69 Å². The lowest BCUT2D eigenvalue weighted by Crippen LogP contribution is -2.10. The number of anilines is 1. The summed E-state index contributed by atoms with van der Waals surface area (Å²) in [5.41, 5.74) is 6.31. The third kappa shape index (κ3) is 7.67. The number of carbonyl (C=O) groups excluding carboxylic acids is 1. The average Bonchev–Trinajstić information content (AvgIpc) is 2.48. The summed E-state index contributed by atoms with van der Waals surface area (Å²) in [6, 6.07) is 5.22. The predicted molar refractivity (Wildman–Crippen MR) is 83.1 cm³/mol. The Morgan fingerprint density at radius 1 is 1.14 bits per heavy atom. The van der Waals surface area contributed by atoms with Gasteiger partial charge in [-0.1, -0.05) is 0 Å². The number of nitrogens with two attached hydrogens (primary N) is 1. The topological polar surface area (TPSA) is 80.0 Å². The molecule has 0 atom stereocenters. The first-order valence-corrected chi connectivity index (χ1v) is 7.61. The number of nitrogen functional groups attached to an aromatic ring is 1. The SMILES string of the molecule is COC(=O)CSCCOCCOc1cc(N)cc(OC)c1. The van der Waals surface area contributed by atoms with Gasteiger partial charge in [-0.15, -0.1) is 11.8 Å². The summed E-state index contributed by atoms with van der Waals surface area (Å²) in [6.07, 6.45) is 0. The monoisotopic (exact) mass is 315 g/mol. The van der Waals surface area contributed by atoms with E-state index < -0.39 is 0 Å². The molecule has 6 nitrogen and oxygen atoms in total. The van der Waals surface area contributed by atoms with Crippen molar-refractivity contribution in [2.75, 3.05) is 51.3 Å². The lowest BCUT2D eigenvalue weighted by atomic mass is 10.3. The molecule has 7 heteroatoms. The Kier molecular flexibility index (Phi) is 8.45. The molecule has 0 aliphatic carbocycles. The van der Waals surface area contributed by atoms with Crippen molar-refractivity contribution >= 4 is 23.4 Å². The predicted octanol–water partition coefficient (Wildman–Crippen LogP) is 1.58. The first kappa shape index (κ1) is 17.5. The van der Waals surface area contributed by atoms with Crippen molar-refractivity contribution in [3.05, 3.63) is 18.2 Å². The van der Waals surface area contributed by atoms with Crippen molar-refractivity contribution < 1.29 is 23.7 Å². The quantitative estimate of drug-likeness (QED) is 0.399. The number of benzene rings is 1. The summed E-state index contributed by atoms with van der Waals surface area (Å²) in [4.78, 5) is 10.9. The van der Waals surface area contributed by atoms with Crippen molar-refractivity contribution in [2.45, 2.75) is 0 Å². The van der Waals surface area contributed by atoms with Gasteiger partial charge in [-0.2, -0.15) is 0 Å². The van der Waals surface area contributed by atoms with Crippen LogP contribution in [-0.2, 0) is 14.3 Å². The Balaban J connectivity index is 2.09. The molecule has 0 aliphatic heterocycles. The third-order valence-electron chi connectivity index (χ3n) is 2.45. The van der Waals surface area contributed by atoms with E-state index in [9.17, 15) is 4.79 Å². The Hall–Kier alpha value is -1.60. The van der Waals surface area contributed by atoms with Gasteiger partial charge in [-0.3, -0.25) is 4.79 Å². The molecule has 1 rings (SSSR count). The van der Waals surface area contributed by atoms with E-state index in [4.69, 9.17) is 19.9 Å². The van der Waals surface area contributed by atoms with Crippen LogP contribution in [0.2, 0.25) is 0 Å². The maximum absolute atomic E-state index is 10.9. The number of methoxy groups -OCH3 is 2. The third-order valence-corrected chi connectivity index (χ3v) is 3.35. The summed E-state index contributed by atoms with van der Waals surface area (Å²) in [5.74, 6) is 2.17. The molecule has 0 aromatic heterocycles. The molecule has 0 aliphatic rings. The summed E-state index contributed by atoms with van der Waals surface area (Å²) in [5, 5.41) is 0. The number of thioether (sulfide) groups is 1. The number of esters is 1. The number of ether oxygens (including phenoxy) is 4. The maximum atomic E-state index is 10.9. The fourth-order valence-corrected chi connectivity index (χ4v) is 2.11. The van der Waals surface area contributed by atoms with E-state index in [1.54, 1.807) is 25.3 Å². The summed E-state index contributed by atoms with van der Waals surface area (Å²) in [6.45, 7) is 1.45. The van der Waals surface area contributed by atoms with Gasteiger partial charge in [-0.05, 0) is 0 Å². The minimum atomic E-state index is -0.223. The van der Waals surface area contributed by atoms with Crippen LogP contribution in [0.3, 0.4) is 0 Å². The van der Waals surface area contributed by atoms with E-state index in [1.807, 2.05) is 0 Å². The minimum Gasteiger partial charge on any atom is -0.497 e. The summed E-state index contributed by atoms with van der Waals surface area (Å²) in [7, 11) is 2.95. The molecule has 0 bridgehead atoms. The molecule has 1 aromatic carbocycles.